The summed E-state index contributed by atoms with van der Waals surface area (Å²) < 4.78 is 1.25. The standard InChI is InChI=1S/C23H21Cl2N3S/c24-17-11-10-14(12-18(17)25)13-26-22-20-16-8-4-5-9-19(16)29-23(20)28-21(27-22)15-6-2-1-3-7-15/h4-5,8-12,15H,1-3,6-7,13H2,(H,26,27,28). The van der Waals surface area contributed by atoms with Gasteiger partial charge in [0.15, 0.2) is 0 Å². The summed E-state index contributed by atoms with van der Waals surface area (Å²) in [6.45, 7) is 0.636. The average Bonchev–Trinajstić information content (AvgIpc) is 3.13. The first kappa shape index (κ1) is 19.1. The molecule has 0 unspecified atom stereocenters. The van der Waals surface area contributed by atoms with Crippen LogP contribution in [0.15, 0.2) is 42.5 Å². The summed E-state index contributed by atoms with van der Waals surface area (Å²) in [7, 11) is 0. The van der Waals surface area contributed by atoms with E-state index in [0.29, 0.717) is 22.5 Å². The summed E-state index contributed by atoms with van der Waals surface area (Å²) in [6, 6.07) is 14.2. The molecular weight excluding hydrogens is 421 g/mol. The molecule has 1 N–H and O–H groups in total. The Balaban J connectivity index is 1.57. The molecule has 3 nitrogen and oxygen atoms in total. The summed E-state index contributed by atoms with van der Waals surface area (Å²) in [4.78, 5) is 11.1. The predicted octanol–water partition coefficient (Wildman–Crippen LogP) is 7.81. The second-order valence-corrected chi connectivity index (χ2v) is 9.49. The number of anilines is 1. The molecule has 0 spiro atoms. The molecule has 0 atom stereocenters. The van der Waals surface area contributed by atoms with Gasteiger partial charge in [-0.1, -0.05) is 66.7 Å². The van der Waals surface area contributed by atoms with Crippen LogP contribution in [-0.4, -0.2) is 9.97 Å². The van der Waals surface area contributed by atoms with E-state index in [2.05, 4.69) is 29.6 Å². The summed E-state index contributed by atoms with van der Waals surface area (Å²) in [5, 5.41) is 7.03. The summed E-state index contributed by atoms with van der Waals surface area (Å²) in [5.41, 5.74) is 1.07. The number of fused-ring (bicyclic) bond motifs is 3. The fraction of sp³-hybridized carbons (Fsp3) is 0.304. The molecule has 1 aliphatic rings. The van der Waals surface area contributed by atoms with Gasteiger partial charge in [0.1, 0.15) is 16.5 Å². The van der Waals surface area contributed by atoms with Crippen LogP contribution in [0.2, 0.25) is 10.0 Å². The fourth-order valence-electron chi connectivity index (χ4n) is 4.15. The van der Waals surface area contributed by atoms with E-state index in [1.165, 1.54) is 42.2 Å². The normalized spacial score (nSPS) is 15.2. The second kappa shape index (κ2) is 8.10. The number of hydrogen-bond acceptors (Lipinski definition) is 4. The highest BCUT2D eigenvalue weighted by atomic mass is 35.5. The first-order valence-electron chi connectivity index (χ1n) is 10.1. The van der Waals surface area contributed by atoms with E-state index in [1.54, 1.807) is 11.3 Å². The molecule has 2 aromatic carbocycles. The lowest BCUT2D eigenvalue weighted by atomic mass is 9.88. The van der Waals surface area contributed by atoms with Crippen molar-refractivity contribution < 1.29 is 0 Å². The van der Waals surface area contributed by atoms with Gasteiger partial charge in [-0.05, 0) is 36.6 Å². The van der Waals surface area contributed by atoms with Gasteiger partial charge in [-0.25, -0.2) is 9.97 Å². The maximum Gasteiger partial charge on any atom is 0.139 e. The molecule has 1 saturated carbocycles. The highest BCUT2D eigenvalue weighted by Gasteiger charge is 2.21. The summed E-state index contributed by atoms with van der Waals surface area (Å²) in [6.07, 6.45) is 6.23. The van der Waals surface area contributed by atoms with Crippen LogP contribution in [0.25, 0.3) is 20.3 Å². The van der Waals surface area contributed by atoms with E-state index >= 15 is 0 Å². The van der Waals surface area contributed by atoms with Gasteiger partial charge < -0.3 is 5.32 Å². The zero-order valence-electron chi connectivity index (χ0n) is 15.9. The van der Waals surface area contributed by atoms with Crippen LogP contribution >= 0.6 is 34.5 Å². The quantitative estimate of drug-likeness (QED) is 0.350. The van der Waals surface area contributed by atoms with Crippen LogP contribution in [0.4, 0.5) is 5.82 Å². The van der Waals surface area contributed by atoms with E-state index in [0.717, 1.165) is 27.4 Å². The lowest BCUT2D eigenvalue weighted by molar-refractivity contribution is 0.430. The van der Waals surface area contributed by atoms with Gasteiger partial charge in [0.25, 0.3) is 0 Å². The van der Waals surface area contributed by atoms with E-state index in [4.69, 9.17) is 33.2 Å². The number of aromatic nitrogens is 2. The smallest absolute Gasteiger partial charge is 0.139 e. The first-order valence-corrected chi connectivity index (χ1v) is 11.6. The van der Waals surface area contributed by atoms with Crippen molar-refractivity contribution in [1.29, 1.82) is 0 Å². The van der Waals surface area contributed by atoms with E-state index in [-0.39, 0.29) is 0 Å². The topological polar surface area (TPSA) is 37.8 Å². The van der Waals surface area contributed by atoms with Gasteiger partial charge >= 0.3 is 0 Å². The minimum atomic E-state index is 0.462. The first-order chi connectivity index (χ1) is 14.2. The van der Waals surface area contributed by atoms with E-state index in [9.17, 15) is 0 Å². The molecule has 148 valence electrons. The highest BCUT2D eigenvalue weighted by molar-refractivity contribution is 7.25. The van der Waals surface area contributed by atoms with Gasteiger partial charge in [0.05, 0.1) is 15.4 Å². The average molecular weight is 442 g/mol. The molecule has 1 fully saturated rings. The van der Waals surface area contributed by atoms with Gasteiger partial charge in [-0.15, -0.1) is 11.3 Å². The van der Waals surface area contributed by atoms with Gasteiger partial charge in [0, 0.05) is 22.5 Å². The Morgan fingerprint density at radius 3 is 2.62 bits per heavy atom. The number of rotatable bonds is 4. The Morgan fingerprint density at radius 1 is 0.966 bits per heavy atom. The van der Waals surface area contributed by atoms with Crippen molar-refractivity contribution in [2.75, 3.05) is 5.32 Å². The third-order valence-corrected chi connectivity index (χ3v) is 7.47. The number of hydrogen-bond donors (Lipinski definition) is 1. The Kier molecular flexibility index (Phi) is 5.33. The van der Waals surface area contributed by atoms with Crippen molar-refractivity contribution in [3.05, 3.63) is 63.9 Å². The minimum absolute atomic E-state index is 0.462. The summed E-state index contributed by atoms with van der Waals surface area (Å²) in [5.74, 6) is 2.36. The van der Waals surface area contributed by atoms with Crippen LogP contribution in [0.3, 0.4) is 0 Å². The zero-order chi connectivity index (χ0) is 19.8. The Bertz CT molecular complexity index is 1180. The maximum absolute atomic E-state index is 6.19. The molecule has 0 bridgehead atoms. The van der Waals surface area contributed by atoms with Crippen LogP contribution in [0.5, 0.6) is 0 Å². The van der Waals surface area contributed by atoms with Crippen molar-refractivity contribution in [3.63, 3.8) is 0 Å². The number of nitrogens with one attached hydrogen (secondary N) is 1. The highest BCUT2D eigenvalue weighted by Crippen LogP contribution is 2.39. The predicted molar refractivity (Wildman–Crippen MR) is 125 cm³/mol. The molecular formula is C23H21Cl2N3S. The third-order valence-electron chi connectivity index (χ3n) is 5.67. The van der Waals surface area contributed by atoms with Crippen molar-refractivity contribution in [3.8, 4) is 0 Å². The molecule has 5 rings (SSSR count). The minimum Gasteiger partial charge on any atom is -0.365 e. The Labute approximate surface area is 184 Å². The molecule has 2 aromatic heterocycles. The van der Waals surface area contributed by atoms with Gasteiger partial charge in [0.2, 0.25) is 0 Å². The molecule has 0 aliphatic heterocycles. The fourth-order valence-corrected chi connectivity index (χ4v) is 5.55. The van der Waals surface area contributed by atoms with Gasteiger partial charge in [-0.2, -0.15) is 0 Å². The van der Waals surface area contributed by atoms with Crippen LogP contribution in [0.1, 0.15) is 49.4 Å². The molecule has 0 saturated heterocycles. The summed E-state index contributed by atoms with van der Waals surface area (Å²) >= 11 is 14.0. The van der Waals surface area contributed by atoms with Crippen molar-refractivity contribution >= 4 is 60.7 Å². The zero-order valence-corrected chi connectivity index (χ0v) is 18.2. The van der Waals surface area contributed by atoms with Crippen LogP contribution < -0.4 is 5.32 Å². The molecule has 1 aliphatic carbocycles. The third kappa shape index (κ3) is 3.81. The van der Waals surface area contributed by atoms with Gasteiger partial charge in [-0.3, -0.25) is 0 Å². The van der Waals surface area contributed by atoms with E-state index in [1.807, 2.05) is 18.2 Å². The molecule has 2 heterocycles. The number of halogens is 2. The lowest BCUT2D eigenvalue weighted by Crippen LogP contribution is -2.11. The number of nitrogens with zero attached hydrogens (tertiary/aromatic N) is 2. The number of thiophene rings is 1. The molecule has 0 radical (unpaired) electrons. The maximum atomic E-state index is 6.19. The van der Waals surface area contributed by atoms with Crippen molar-refractivity contribution in [2.45, 2.75) is 44.6 Å². The largest absolute Gasteiger partial charge is 0.365 e. The Morgan fingerprint density at radius 2 is 1.79 bits per heavy atom. The van der Waals surface area contributed by atoms with Crippen molar-refractivity contribution in [2.24, 2.45) is 0 Å². The molecule has 29 heavy (non-hydrogen) atoms. The van der Waals surface area contributed by atoms with E-state index < -0.39 is 0 Å². The second-order valence-electron chi connectivity index (χ2n) is 7.65. The van der Waals surface area contributed by atoms with Crippen molar-refractivity contribution in [1.82, 2.24) is 9.97 Å². The monoisotopic (exact) mass is 441 g/mol. The molecule has 4 aromatic rings. The SMILES string of the molecule is Clc1ccc(CNc2nc(C3CCCCC3)nc3sc4ccccc4c23)cc1Cl. The Hall–Kier alpha value is -1.88. The van der Waals surface area contributed by atoms with Crippen LogP contribution in [0, 0.1) is 0 Å². The number of benzene rings is 2. The lowest BCUT2D eigenvalue weighted by Gasteiger charge is -2.21. The molecule has 6 heteroatoms. The molecule has 0 amide bonds. The van der Waals surface area contributed by atoms with Crippen LogP contribution in [-0.2, 0) is 6.54 Å².